The van der Waals surface area contributed by atoms with Crippen LogP contribution in [0.5, 0.6) is 0 Å². The molecule has 0 spiro atoms. The van der Waals surface area contributed by atoms with Crippen molar-refractivity contribution in [1.29, 1.82) is 0 Å². The Hall–Kier alpha value is -0.860. The largest absolute Gasteiger partial charge is 0.318 e. The zero-order valence-electron chi connectivity index (χ0n) is 13.6. The molecule has 0 saturated carbocycles. The van der Waals surface area contributed by atoms with Crippen LogP contribution in [0.15, 0.2) is 18.2 Å². The number of hydrogen-bond acceptors (Lipinski definition) is 2. The topological polar surface area (TPSA) is 24.1 Å². The van der Waals surface area contributed by atoms with Gasteiger partial charge in [-0.05, 0) is 49.9 Å². The third-order valence-electron chi connectivity index (χ3n) is 3.59. The summed E-state index contributed by atoms with van der Waals surface area (Å²) in [5.74, 6) is 0. The van der Waals surface area contributed by atoms with E-state index in [2.05, 4.69) is 70.4 Å². The summed E-state index contributed by atoms with van der Waals surface area (Å²) < 4.78 is 0. The second-order valence-corrected chi connectivity index (χ2v) is 7.16. The van der Waals surface area contributed by atoms with Gasteiger partial charge in [0.1, 0.15) is 0 Å². The second-order valence-electron chi connectivity index (χ2n) is 7.16. The molecule has 0 radical (unpaired) electrons. The van der Waals surface area contributed by atoms with Gasteiger partial charge in [0, 0.05) is 18.6 Å². The summed E-state index contributed by atoms with van der Waals surface area (Å²) >= 11 is 0. The first-order valence-corrected chi connectivity index (χ1v) is 7.15. The molecule has 0 aliphatic heterocycles. The summed E-state index contributed by atoms with van der Waals surface area (Å²) in [5.41, 5.74) is 4.49. The van der Waals surface area contributed by atoms with Crippen LogP contribution in [0.25, 0.3) is 0 Å². The zero-order valence-corrected chi connectivity index (χ0v) is 13.6. The molecular weight excluding hydrogens is 232 g/mol. The predicted octanol–water partition coefficient (Wildman–Crippen LogP) is 3.38. The van der Waals surface area contributed by atoms with E-state index in [1.807, 2.05) is 7.05 Å². The normalized spacial score (nSPS) is 12.8. The van der Waals surface area contributed by atoms with Crippen LogP contribution in [-0.2, 0) is 12.0 Å². The van der Waals surface area contributed by atoms with Gasteiger partial charge in [-0.25, -0.2) is 0 Å². The second kappa shape index (κ2) is 6.06. The molecule has 1 aromatic carbocycles. The van der Waals surface area contributed by atoms with Gasteiger partial charge in [0.25, 0.3) is 0 Å². The molecule has 0 aliphatic rings. The molecule has 0 unspecified atom stereocenters. The van der Waals surface area contributed by atoms with Gasteiger partial charge in [-0.15, -0.1) is 0 Å². The van der Waals surface area contributed by atoms with E-state index in [0.29, 0.717) is 0 Å². The number of benzene rings is 1. The summed E-state index contributed by atoms with van der Waals surface area (Å²) in [6.07, 6.45) is 0. The van der Waals surface area contributed by atoms with Crippen molar-refractivity contribution in [3.63, 3.8) is 0 Å². The Morgan fingerprint density at radius 3 is 2.21 bits per heavy atom. The Bertz CT molecular complexity index is 414. The van der Waals surface area contributed by atoms with Gasteiger partial charge in [-0.2, -0.15) is 0 Å². The number of rotatable bonds is 5. The first kappa shape index (κ1) is 16.2. The lowest BCUT2D eigenvalue weighted by Gasteiger charge is -2.27. The highest BCUT2D eigenvalue weighted by molar-refractivity contribution is 5.34. The standard InChI is InChI=1S/C17H30N2/c1-13-8-9-15(16(2,3)4)10-14(13)11-19-17(5,6)12-18-7/h8-10,18-19H,11-12H2,1-7H3. The van der Waals surface area contributed by atoms with Crippen molar-refractivity contribution in [3.8, 4) is 0 Å². The number of nitrogens with one attached hydrogen (secondary N) is 2. The summed E-state index contributed by atoms with van der Waals surface area (Å²) in [6, 6.07) is 6.83. The Labute approximate surface area is 119 Å². The third-order valence-corrected chi connectivity index (χ3v) is 3.59. The van der Waals surface area contributed by atoms with E-state index in [9.17, 15) is 0 Å². The lowest BCUT2D eigenvalue weighted by Crippen LogP contribution is -2.46. The third kappa shape index (κ3) is 4.96. The van der Waals surface area contributed by atoms with Crippen LogP contribution in [0.2, 0.25) is 0 Å². The molecule has 2 N–H and O–H groups in total. The fraction of sp³-hybridized carbons (Fsp3) is 0.647. The Morgan fingerprint density at radius 1 is 1.05 bits per heavy atom. The summed E-state index contributed by atoms with van der Waals surface area (Å²) in [5, 5.41) is 6.87. The summed E-state index contributed by atoms with van der Waals surface area (Å²) in [7, 11) is 1.99. The Morgan fingerprint density at radius 2 is 1.68 bits per heavy atom. The van der Waals surface area contributed by atoms with Crippen LogP contribution in [0.3, 0.4) is 0 Å². The molecule has 0 fully saturated rings. The molecule has 0 aliphatic carbocycles. The minimum Gasteiger partial charge on any atom is -0.318 e. The average Bonchev–Trinajstić information content (AvgIpc) is 2.26. The van der Waals surface area contributed by atoms with Crippen LogP contribution < -0.4 is 10.6 Å². The van der Waals surface area contributed by atoms with E-state index in [-0.39, 0.29) is 11.0 Å². The first-order chi connectivity index (χ1) is 8.65. The predicted molar refractivity (Wildman–Crippen MR) is 84.7 cm³/mol. The maximum absolute atomic E-state index is 3.63. The molecular formula is C17H30N2. The van der Waals surface area contributed by atoms with Crippen molar-refractivity contribution in [2.75, 3.05) is 13.6 Å². The highest BCUT2D eigenvalue weighted by Crippen LogP contribution is 2.24. The summed E-state index contributed by atoms with van der Waals surface area (Å²) in [6.45, 7) is 15.3. The van der Waals surface area contributed by atoms with Gasteiger partial charge in [-0.1, -0.05) is 39.0 Å². The molecule has 0 aromatic heterocycles. The summed E-state index contributed by atoms with van der Waals surface area (Å²) in [4.78, 5) is 0. The fourth-order valence-electron chi connectivity index (χ4n) is 2.17. The van der Waals surface area contributed by atoms with Gasteiger partial charge >= 0.3 is 0 Å². The van der Waals surface area contributed by atoms with E-state index >= 15 is 0 Å². The van der Waals surface area contributed by atoms with E-state index < -0.39 is 0 Å². The highest BCUT2D eigenvalue weighted by Gasteiger charge is 2.18. The minimum absolute atomic E-state index is 0.110. The van der Waals surface area contributed by atoms with Crippen molar-refractivity contribution in [3.05, 3.63) is 34.9 Å². The van der Waals surface area contributed by atoms with Gasteiger partial charge in [0.15, 0.2) is 0 Å². The van der Waals surface area contributed by atoms with Crippen LogP contribution in [0.4, 0.5) is 0 Å². The lowest BCUT2D eigenvalue weighted by atomic mass is 9.85. The minimum atomic E-state index is 0.110. The molecule has 0 atom stereocenters. The van der Waals surface area contributed by atoms with Crippen molar-refractivity contribution in [2.24, 2.45) is 0 Å². The molecule has 0 bridgehead atoms. The smallest absolute Gasteiger partial charge is 0.0252 e. The number of likely N-dealkylation sites (N-methyl/N-ethyl adjacent to an activating group) is 1. The van der Waals surface area contributed by atoms with Gasteiger partial charge in [0.05, 0.1) is 0 Å². The quantitative estimate of drug-likeness (QED) is 0.850. The molecule has 2 heteroatoms. The van der Waals surface area contributed by atoms with Crippen molar-refractivity contribution in [2.45, 2.75) is 59.0 Å². The maximum atomic E-state index is 3.63. The SMILES string of the molecule is CNCC(C)(C)NCc1cc(C(C)(C)C)ccc1C. The first-order valence-electron chi connectivity index (χ1n) is 7.15. The van der Waals surface area contributed by atoms with E-state index in [4.69, 9.17) is 0 Å². The highest BCUT2D eigenvalue weighted by atomic mass is 15.0. The maximum Gasteiger partial charge on any atom is 0.0252 e. The Balaban J connectivity index is 2.84. The van der Waals surface area contributed by atoms with Crippen LogP contribution in [0.1, 0.15) is 51.3 Å². The van der Waals surface area contributed by atoms with E-state index in [1.54, 1.807) is 0 Å². The van der Waals surface area contributed by atoms with Crippen molar-refractivity contribution < 1.29 is 0 Å². The lowest BCUT2D eigenvalue weighted by molar-refractivity contribution is 0.373. The van der Waals surface area contributed by atoms with Crippen molar-refractivity contribution >= 4 is 0 Å². The molecule has 0 saturated heterocycles. The van der Waals surface area contributed by atoms with Crippen LogP contribution >= 0.6 is 0 Å². The Kier molecular flexibility index (Phi) is 5.17. The fourth-order valence-corrected chi connectivity index (χ4v) is 2.17. The average molecular weight is 262 g/mol. The van der Waals surface area contributed by atoms with E-state index in [1.165, 1.54) is 16.7 Å². The molecule has 108 valence electrons. The van der Waals surface area contributed by atoms with Crippen LogP contribution in [-0.4, -0.2) is 19.1 Å². The van der Waals surface area contributed by atoms with Crippen LogP contribution in [0, 0.1) is 6.92 Å². The van der Waals surface area contributed by atoms with Gasteiger partial charge in [0.2, 0.25) is 0 Å². The molecule has 19 heavy (non-hydrogen) atoms. The molecule has 2 nitrogen and oxygen atoms in total. The molecule has 1 aromatic rings. The van der Waals surface area contributed by atoms with Gasteiger partial charge in [-0.3, -0.25) is 0 Å². The number of hydrogen-bond donors (Lipinski definition) is 2. The zero-order chi connectivity index (χ0) is 14.7. The monoisotopic (exact) mass is 262 g/mol. The number of aryl methyl sites for hydroxylation is 1. The molecule has 0 heterocycles. The van der Waals surface area contributed by atoms with Gasteiger partial charge < -0.3 is 10.6 Å². The molecule has 1 rings (SSSR count). The van der Waals surface area contributed by atoms with Crippen molar-refractivity contribution in [1.82, 2.24) is 10.6 Å². The van der Waals surface area contributed by atoms with E-state index in [0.717, 1.165) is 13.1 Å². The molecule has 0 amide bonds.